The molecule has 0 amide bonds. The Kier molecular flexibility index (Phi) is 7.20. The number of rotatable bonds is 10. The summed E-state index contributed by atoms with van der Waals surface area (Å²) in [5.74, 6) is 1.91. The Balaban J connectivity index is 1.52. The molecule has 2 aromatic carbocycles. The highest BCUT2D eigenvalue weighted by molar-refractivity contribution is 5.39. The minimum atomic E-state index is -0.255. The number of methoxy groups -OCH3 is 1. The molecule has 2 aromatic rings. The van der Waals surface area contributed by atoms with Crippen LogP contribution in [0.2, 0.25) is 0 Å². The van der Waals surface area contributed by atoms with Gasteiger partial charge in [0.05, 0.1) is 13.7 Å². The molecule has 0 saturated heterocycles. The normalized spacial score (nSPS) is 10.3. The summed E-state index contributed by atoms with van der Waals surface area (Å²) in [5.41, 5.74) is 0. The van der Waals surface area contributed by atoms with Crippen molar-refractivity contribution < 1.29 is 18.6 Å². The Morgan fingerprint density at radius 1 is 0.870 bits per heavy atom. The minimum absolute atomic E-state index is 0.255. The van der Waals surface area contributed by atoms with Crippen molar-refractivity contribution in [1.29, 1.82) is 0 Å². The topological polar surface area (TPSA) is 39.7 Å². The Hall–Kier alpha value is -2.27. The Morgan fingerprint density at radius 2 is 1.61 bits per heavy atom. The van der Waals surface area contributed by atoms with E-state index >= 15 is 0 Å². The number of hydrogen-bond acceptors (Lipinski definition) is 4. The van der Waals surface area contributed by atoms with Gasteiger partial charge in [0.25, 0.3) is 0 Å². The lowest BCUT2D eigenvalue weighted by atomic mass is 10.3. The molecule has 4 nitrogen and oxygen atoms in total. The summed E-state index contributed by atoms with van der Waals surface area (Å²) in [6.07, 6.45) is 0.867. The van der Waals surface area contributed by atoms with Gasteiger partial charge < -0.3 is 19.5 Å². The zero-order valence-corrected chi connectivity index (χ0v) is 13.3. The number of ether oxygens (including phenoxy) is 3. The number of benzene rings is 2. The summed E-state index contributed by atoms with van der Waals surface area (Å²) < 4.78 is 29.1. The summed E-state index contributed by atoms with van der Waals surface area (Å²) in [4.78, 5) is 0. The van der Waals surface area contributed by atoms with Crippen molar-refractivity contribution >= 4 is 0 Å². The van der Waals surface area contributed by atoms with Crippen LogP contribution >= 0.6 is 0 Å². The molecule has 0 aliphatic heterocycles. The van der Waals surface area contributed by atoms with E-state index in [1.54, 1.807) is 19.2 Å². The predicted octanol–water partition coefficient (Wildman–Crippen LogP) is 3.27. The van der Waals surface area contributed by atoms with Crippen molar-refractivity contribution in [3.8, 4) is 17.2 Å². The molecule has 0 saturated carbocycles. The fourth-order valence-electron chi connectivity index (χ4n) is 2.01. The molecule has 124 valence electrons. The molecular weight excluding hydrogens is 297 g/mol. The first-order valence-electron chi connectivity index (χ1n) is 7.64. The molecule has 0 bridgehead atoms. The van der Waals surface area contributed by atoms with E-state index < -0.39 is 0 Å². The standard InChI is InChI=1S/C18H22FNO3/c1-21-17-5-2-3-6-18(17)23-14-12-20-11-4-13-22-16-9-7-15(19)8-10-16/h2-3,5-10,20H,4,11-14H2,1H3. The number of para-hydroxylation sites is 2. The first-order valence-corrected chi connectivity index (χ1v) is 7.64. The van der Waals surface area contributed by atoms with E-state index in [1.807, 2.05) is 24.3 Å². The third-order valence-electron chi connectivity index (χ3n) is 3.19. The molecule has 0 unspecified atom stereocenters. The molecular formula is C18H22FNO3. The van der Waals surface area contributed by atoms with Gasteiger partial charge in [-0.2, -0.15) is 0 Å². The Bertz CT molecular complexity index is 575. The molecule has 0 aliphatic rings. The molecule has 0 radical (unpaired) electrons. The summed E-state index contributed by atoms with van der Waals surface area (Å²) >= 11 is 0. The van der Waals surface area contributed by atoms with Crippen LogP contribution in [0.5, 0.6) is 17.2 Å². The van der Waals surface area contributed by atoms with E-state index in [1.165, 1.54) is 12.1 Å². The van der Waals surface area contributed by atoms with Crippen LogP contribution in [0.3, 0.4) is 0 Å². The van der Waals surface area contributed by atoms with Crippen molar-refractivity contribution in [3.05, 3.63) is 54.3 Å². The third-order valence-corrected chi connectivity index (χ3v) is 3.19. The second-order valence-electron chi connectivity index (χ2n) is 4.91. The van der Waals surface area contributed by atoms with Crippen molar-refractivity contribution in [1.82, 2.24) is 5.32 Å². The van der Waals surface area contributed by atoms with Crippen LogP contribution in [0, 0.1) is 5.82 Å². The van der Waals surface area contributed by atoms with Gasteiger partial charge in [-0.3, -0.25) is 0 Å². The van der Waals surface area contributed by atoms with Crippen molar-refractivity contribution in [2.45, 2.75) is 6.42 Å². The van der Waals surface area contributed by atoms with Crippen molar-refractivity contribution in [3.63, 3.8) is 0 Å². The number of hydrogen-bond donors (Lipinski definition) is 1. The van der Waals surface area contributed by atoms with Crippen molar-refractivity contribution in [2.75, 3.05) is 33.4 Å². The van der Waals surface area contributed by atoms with Gasteiger partial charge in [0, 0.05) is 6.54 Å². The van der Waals surface area contributed by atoms with Crippen LogP contribution in [-0.4, -0.2) is 33.4 Å². The lowest BCUT2D eigenvalue weighted by Gasteiger charge is -2.11. The van der Waals surface area contributed by atoms with E-state index in [0.717, 1.165) is 31.0 Å². The van der Waals surface area contributed by atoms with Gasteiger partial charge >= 0.3 is 0 Å². The maximum atomic E-state index is 12.7. The quantitative estimate of drug-likeness (QED) is 0.682. The fraction of sp³-hybridized carbons (Fsp3) is 0.333. The zero-order valence-electron chi connectivity index (χ0n) is 13.3. The van der Waals surface area contributed by atoms with Gasteiger partial charge in [-0.15, -0.1) is 0 Å². The van der Waals surface area contributed by atoms with Crippen LogP contribution in [0.4, 0.5) is 4.39 Å². The summed E-state index contributed by atoms with van der Waals surface area (Å²) in [6.45, 7) is 2.73. The average Bonchev–Trinajstić information content (AvgIpc) is 2.59. The van der Waals surface area contributed by atoms with Crippen LogP contribution in [0.15, 0.2) is 48.5 Å². The second-order valence-corrected chi connectivity index (χ2v) is 4.91. The smallest absolute Gasteiger partial charge is 0.161 e. The van der Waals surface area contributed by atoms with Crippen LogP contribution in [0.25, 0.3) is 0 Å². The SMILES string of the molecule is COc1ccccc1OCCNCCCOc1ccc(F)cc1. The van der Waals surface area contributed by atoms with Gasteiger partial charge in [0.1, 0.15) is 18.2 Å². The van der Waals surface area contributed by atoms with Gasteiger partial charge in [-0.1, -0.05) is 12.1 Å². The molecule has 2 rings (SSSR count). The molecule has 0 atom stereocenters. The highest BCUT2D eigenvalue weighted by Crippen LogP contribution is 2.25. The summed E-state index contributed by atoms with van der Waals surface area (Å²) in [5, 5.41) is 3.28. The lowest BCUT2D eigenvalue weighted by molar-refractivity contribution is 0.283. The molecule has 0 aliphatic carbocycles. The molecule has 5 heteroatoms. The van der Waals surface area contributed by atoms with Crippen LogP contribution < -0.4 is 19.5 Å². The van der Waals surface area contributed by atoms with Gasteiger partial charge in [-0.05, 0) is 49.4 Å². The molecule has 0 spiro atoms. The zero-order chi connectivity index (χ0) is 16.3. The van der Waals surface area contributed by atoms with E-state index in [0.29, 0.717) is 19.0 Å². The van der Waals surface area contributed by atoms with E-state index in [9.17, 15) is 4.39 Å². The van der Waals surface area contributed by atoms with Gasteiger partial charge in [0.2, 0.25) is 0 Å². The fourth-order valence-corrected chi connectivity index (χ4v) is 2.01. The highest BCUT2D eigenvalue weighted by atomic mass is 19.1. The second kappa shape index (κ2) is 9.69. The third kappa shape index (κ3) is 6.16. The molecule has 23 heavy (non-hydrogen) atoms. The van der Waals surface area contributed by atoms with Crippen LogP contribution in [0.1, 0.15) is 6.42 Å². The number of halogens is 1. The first kappa shape index (κ1) is 17.1. The predicted molar refractivity (Wildman–Crippen MR) is 87.9 cm³/mol. The molecule has 0 aromatic heterocycles. The van der Waals surface area contributed by atoms with E-state index in [4.69, 9.17) is 14.2 Å². The van der Waals surface area contributed by atoms with Crippen molar-refractivity contribution in [2.24, 2.45) is 0 Å². The summed E-state index contributed by atoms with van der Waals surface area (Å²) in [7, 11) is 1.63. The van der Waals surface area contributed by atoms with Gasteiger partial charge in [-0.25, -0.2) is 4.39 Å². The molecule has 0 heterocycles. The molecule has 0 fully saturated rings. The molecule has 1 N–H and O–H groups in total. The maximum absolute atomic E-state index is 12.7. The van der Waals surface area contributed by atoms with E-state index in [-0.39, 0.29) is 5.82 Å². The largest absolute Gasteiger partial charge is 0.494 e. The maximum Gasteiger partial charge on any atom is 0.161 e. The lowest BCUT2D eigenvalue weighted by Crippen LogP contribution is -2.23. The van der Waals surface area contributed by atoms with E-state index in [2.05, 4.69) is 5.32 Å². The van der Waals surface area contributed by atoms with Crippen LogP contribution in [-0.2, 0) is 0 Å². The monoisotopic (exact) mass is 319 g/mol. The summed E-state index contributed by atoms with van der Waals surface area (Å²) in [6, 6.07) is 13.6. The Morgan fingerprint density at radius 3 is 2.35 bits per heavy atom. The number of nitrogens with one attached hydrogen (secondary N) is 1. The highest BCUT2D eigenvalue weighted by Gasteiger charge is 2.01. The minimum Gasteiger partial charge on any atom is -0.494 e. The van der Waals surface area contributed by atoms with Gasteiger partial charge in [0.15, 0.2) is 11.5 Å². The average molecular weight is 319 g/mol. The Labute approximate surface area is 136 Å². The first-order chi connectivity index (χ1) is 11.3.